The molecule has 13 heteroatoms. The molecule has 0 atom stereocenters. The van der Waals surface area contributed by atoms with Crippen molar-refractivity contribution in [2.45, 2.75) is 72.6 Å². The Balaban J connectivity index is 1.34. The van der Waals surface area contributed by atoms with E-state index in [-0.39, 0.29) is 12.2 Å². The fourth-order valence-corrected chi connectivity index (χ4v) is 5.74. The van der Waals surface area contributed by atoms with Gasteiger partial charge < -0.3 is 29.3 Å². The van der Waals surface area contributed by atoms with Crippen LogP contribution in [0.4, 0.5) is 42.5 Å². The van der Waals surface area contributed by atoms with E-state index in [0.29, 0.717) is 49.3 Å². The second kappa shape index (κ2) is 14.1. The van der Waals surface area contributed by atoms with Crippen molar-refractivity contribution in [1.82, 2.24) is 14.9 Å². The van der Waals surface area contributed by atoms with E-state index in [2.05, 4.69) is 20.2 Å². The van der Waals surface area contributed by atoms with Gasteiger partial charge in [-0.25, -0.2) is 23.9 Å². The van der Waals surface area contributed by atoms with E-state index >= 15 is 4.39 Å². The van der Waals surface area contributed by atoms with Gasteiger partial charge in [0.1, 0.15) is 35.1 Å². The third kappa shape index (κ3) is 8.69. The van der Waals surface area contributed by atoms with Gasteiger partial charge in [0.25, 0.3) is 0 Å². The first kappa shape index (κ1) is 35.7. The Bertz CT molecular complexity index is 1700. The number of nitrogens with zero attached hydrogens (tertiary/aromatic N) is 6. The zero-order valence-corrected chi connectivity index (χ0v) is 30.0. The maximum Gasteiger partial charge on any atom is 0.415 e. The fraction of sp³-hybridized carbons (Fsp3) is 0.500. The number of carbonyl (C=O) groups is 2. The molecule has 5 rings (SSSR count). The number of pyridine rings is 2. The molecule has 2 aliphatic rings. The lowest BCUT2D eigenvalue weighted by molar-refractivity contribution is 0.0560. The lowest BCUT2D eigenvalue weighted by Crippen LogP contribution is -2.42. The summed E-state index contributed by atoms with van der Waals surface area (Å²) in [5, 5.41) is 3.22. The smallest absolute Gasteiger partial charge is 0.415 e. The predicted octanol–water partition coefficient (Wildman–Crippen LogP) is 6.67. The van der Waals surface area contributed by atoms with Gasteiger partial charge in [-0.2, -0.15) is 0 Å². The van der Waals surface area contributed by atoms with Crippen molar-refractivity contribution in [1.29, 1.82) is 0 Å². The van der Waals surface area contributed by atoms with Gasteiger partial charge in [-0.1, -0.05) is 0 Å². The zero-order chi connectivity index (χ0) is 35.7. The van der Waals surface area contributed by atoms with Gasteiger partial charge in [-0.05, 0) is 104 Å². The molecule has 2 amide bonds. The summed E-state index contributed by atoms with van der Waals surface area (Å²) in [6, 6.07) is 6.62. The number of amides is 2. The molecule has 12 nitrogen and oxygen atoms in total. The number of ether oxygens (including phenoxy) is 3. The Kier molecular flexibility index (Phi) is 10.2. The second-order valence-corrected chi connectivity index (χ2v) is 14.6. The zero-order valence-electron chi connectivity index (χ0n) is 30.0. The van der Waals surface area contributed by atoms with Crippen molar-refractivity contribution in [3.05, 3.63) is 59.2 Å². The van der Waals surface area contributed by atoms with Crippen LogP contribution < -0.4 is 24.8 Å². The van der Waals surface area contributed by atoms with Crippen LogP contribution >= 0.6 is 0 Å². The van der Waals surface area contributed by atoms with E-state index in [1.165, 1.54) is 11.0 Å². The molecule has 264 valence electrons. The Labute approximate surface area is 288 Å². The number of likely N-dealkylation sites (N-methyl/N-ethyl adjacent to an activating group) is 1. The molecule has 49 heavy (non-hydrogen) atoms. The summed E-state index contributed by atoms with van der Waals surface area (Å²) in [5.74, 6) is 0.421. The van der Waals surface area contributed by atoms with Crippen LogP contribution in [-0.2, 0) is 22.4 Å². The Morgan fingerprint density at radius 3 is 2.39 bits per heavy atom. The van der Waals surface area contributed by atoms with Crippen molar-refractivity contribution < 1.29 is 28.2 Å². The number of halogens is 1. The highest BCUT2D eigenvalue weighted by Gasteiger charge is 2.33. The number of hydrogen-bond donors (Lipinski definition) is 1. The molecule has 4 heterocycles. The second-order valence-electron chi connectivity index (χ2n) is 14.6. The van der Waals surface area contributed by atoms with Gasteiger partial charge in [-0.3, -0.25) is 9.80 Å². The first-order valence-corrected chi connectivity index (χ1v) is 16.6. The fourth-order valence-electron chi connectivity index (χ4n) is 5.74. The third-order valence-electron chi connectivity index (χ3n) is 8.01. The lowest BCUT2D eigenvalue weighted by Gasteiger charge is -2.35. The number of nitrogens with one attached hydrogen (secondary N) is 1. The van der Waals surface area contributed by atoms with Crippen LogP contribution in [0.2, 0.25) is 0 Å². The SMILES string of the molecule is Cc1c(N2CCc3cnc(Nc4ccc(N(CCN(C)C)C(=O)OC(C)(C)C)c(F)c4)cc3C2)cnc2c1N(C(=O)OC(C)(C)C)CCO2. The molecule has 0 fully saturated rings. The van der Waals surface area contributed by atoms with Crippen LogP contribution in [0.5, 0.6) is 5.88 Å². The van der Waals surface area contributed by atoms with Gasteiger partial charge in [-0.15, -0.1) is 0 Å². The number of rotatable bonds is 7. The highest BCUT2D eigenvalue weighted by molar-refractivity contribution is 5.92. The van der Waals surface area contributed by atoms with Gasteiger partial charge in [0.15, 0.2) is 0 Å². The molecule has 0 spiro atoms. The monoisotopic (exact) mass is 677 g/mol. The molecule has 0 radical (unpaired) electrons. The maximum absolute atomic E-state index is 15.6. The Hall–Kier alpha value is -4.65. The number of anilines is 5. The first-order chi connectivity index (χ1) is 23.0. The molecule has 0 saturated carbocycles. The molecule has 2 aliphatic heterocycles. The Morgan fingerprint density at radius 1 is 0.980 bits per heavy atom. The third-order valence-corrected chi connectivity index (χ3v) is 8.01. The van der Waals surface area contributed by atoms with Gasteiger partial charge in [0.2, 0.25) is 5.88 Å². The summed E-state index contributed by atoms with van der Waals surface area (Å²) < 4.78 is 32.6. The standard InChI is InChI=1S/C36H48FN7O5/c1-23-29(21-39-32-31(23)44(16-17-47-32)34(46)49-36(5,6)7)42-13-12-24-20-38-30(18-25(24)22-42)40-26-10-11-28(27(37)19-26)43(15-14-41(8)9)33(45)48-35(2,3)4/h10-11,18-21H,12-17,22H2,1-9H3,(H,38,40). The topological polar surface area (TPSA) is 113 Å². The quantitative estimate of drug-likeness (QED) is 0.291. The molecule has 0 bridgehead atoms. The highest BCUT2D eigenvalue weighted by atomic mass is 19.1. The minimum absolute atomic E-state index is 0.139. The summed E-state index contributed by atoms with van der Waals surface area (Å²) in [5.41, 5.74) is 3.88. The molecule has 2 aromatic heterocycles. The van der Waals surface area contributed by atoms with Crippen molar-refractivity contribution in [3.8, 4) is 5.88 Å². The number of aromatic nitrogens is 2. The summed E-state index contributed by atoms with van der Waals surface area (Å²) >= 11 is 0. The molecule has 1 N–H and O–H groups in total. The molecule has 3 aromatic rings. The van der Waals surface area contributed by atoms with E-state index in [4.69, 9.17) is 14.2 Å². The van der Waals surface area contributed by atoms with Crippen molar-refractivity contribution in [2.24, 2.45) is 0 Å². The summed E-state index contributed by atoms with van der Waals surface area (Å²) in [4.78, 5) is 42.4. The van der Waals surface area contributed by atoms with Crippen molar-refractivity contribution in [3.63, 3.8) is 0 Å². The van der Waals surface area contributed by atoms with E-state index in [1.54, 1.807) is 44.0 Å². The van der Waals surface area contributed by atoms with E-state index in [0.717, 1.165) is 35.3 Å². The average Bonchev–Trinajstić information content (AvgIpc) is 3.00. The predicted molar refractivity (Wildman–Crippen MR) is 189 cm³/mol. The number of carbonyl (C=O) groups excluding carboxylic acids is 2. The van der Waals surface area contributed by atoms with Gasteiger partial charge >= 0.3 is 12.2 Å². The Morgan fingerprint density at radius 2 is 1.71 bits per heavy atom. The maximum atomic E-state index is 15.6. The van der Waals surface area contributed by atoms with Gasteiger partial charge in [0.05, 0.1) is 24.1 Å². The van der Waals surface area contributed by atoms with Crippen LogP contribution in [0.1, 0.15) is 58.2 Å². The molecule has 0 aliphatic carbocycles. The largest absolute Gasteiger partial charge is 0.474 e. The van der Waals surface area contributed by atoms with Crippen LogP contribution in [0, 0.1) is 12.7 Å². The molecular formula is C36H48FN7O5. The van der Waals surface area contributed by atoms with Gasteiger partial charge in [0, 0.05) is 43.6 Å². The van der Waals surface area contributed by atoms with Crippen LogP contribution in [0.15, 0.2) is 36.7 Å². The highest BCUT2D eigenvalue weighted by Crippen LogP contribution is 2.40. The van der Waals surface area contributed by atoms with Crippen LogP contribution in [-0.4, -0.2) is 85.1 Å². The number of fused-ring (bicyclic) bond motifs is 2. The summed E-state index contributed by atoms with van der Waals surface area (Å²) in [6.07, 6.45) is 3.37. The number of hydrogen-bond acceptors (Lipinski definition) is 10. The molecule has 0 saturated heterocycles. The average molecular weight is 678 g/mol. The minimum Gasteiger partial charge on any atom is -0.474 e. The molecule has 1 aromatic carbocycles. The van der Waals surface area contributed by atoms with Crippen LogP contribution in [0.3, 0.4) is 0 Å². The molecular weight excluding hydrogens is 629 g/mol. The first-order valence-electron chi connectivity index (χ1n) is 16.6. The van der Waals surface area contributed by atoms with E-state index < -0.39 is 29.2 Å². The van der Waals surface area contributed by atoms with E-state index in [1.807, 2.05) is 59.0 Å². The normalized spacial score (nSPS) is 14.5. The minimum atomic E-state index is -0.719. The van der Waals surface area contributed by atoms with Crippen molar-refractivity contribution in [2.75, 3.05) is 66.9 Å². The van der Waals surface area contributed by atoms with Crippen LogP contribution in [0.25, 0.3) is 0 Å². The summed E-state index contributed by atoms with van der Waals surface area (Å²) in [7, 11) is 3.78. The molecule has 0 unspecified atom stereocenters. The van der Waals surface area contributed by atoms with Crippen molar-refractivity contribution >= 4 is 40.8 Å². The summed E-state index contributed by atoms with van der Waals surface area (Å²) in [6.45, 7) is 15.7. The van der Waals surface area contributed by atoms with E-state index in [9.17, 15) is 9.59 Å². The lowest BCUT2D eigenvalue weighted by atomic mass is 10.0. The number of benzene rings is 1.